The molecule has 2 rings (SSSR count). The summed E-state index contributed by atoms with van der Waals surface area (Å²) in [5, 5.41) is 15.6. The van der Waals surface area contributed by atoms with Crippen molar-refractivity contribution in [3.63, 3.8) is 0 Å². The van der Waals surface area contributed by atoms with Crippen LogP contribution < -0.4 is 5.32 Å². The van der Waals surface area contributed by atoms with Crippen LogP contribution in [-0.4, -0.2) is 17.0 Å². The molecule has 17 heavy (non-hydrogen) atoms. The van der Waals surface area contributed by atoms with Crippen LogP contribution >= 0.6 is 11.3 Å². The van der Waals surface area contributed by atoms with E-state index in [0.717, 1.165) is 5.69 Å². The summed E-state index contributed by atoms with van der Waals surface area (Å²) in [5.41, 5.74) is 0.753. The van der Waals surface area contributed by atoms with Crippen LogP contribution in [0.2, 0.25) is 0 Å². The lowest BCUT2D eigenvalue weighted by Gasteiger charge is -2.14. The fourth-order valence-corrected chi connectivity index (χ4v) is 3.01. The van der Waals surface area contributed by atoms with Crippen LogP contribution in [0, 0.1) is 17.8 Å². The second-order valence-electron chi connectivity index (χ2n) is 4.63. The predicted octanol–water partition coefficient (Wildman–Crippen LogP) is 2.43. The number of carbonyl (C=O) groups excluding carboxylic acids is 1. The summed E-state index contributed by atoms with van der Waals surface area (Å²) in [7, 11) is 0. The predicted molar refractivity (Wildman–Crippen MR) is 66.0 cm³/mol. The van der Waals surface area contributed by atoms with Crippen molar-refractivity contribution in [1.29, 1.82) is 0 Å². The van der Waals surface area contributed by atoms with Gasteiger partial charge < -0.3 is 10.4 Å². The summed E-state index contributed by atoms with van der Waals surface area (Å²) < 4.78 is 0. The smallest absolute Gasteiger partial charge is 0.307 e. The lowest BCUT2D eigenvalue weighted by molar-refractivity contribution is -0.145. The maximum atomic E-state index is 12.0. The van der Waals surface area contributed by atoms with E-state index in [1.165, 1.54) is 11.3 Å². The molecule has 0 aromatic carbocycles. The summed E-state index contributed by atoms with van der Waals surface area (Å²) in [6.45, 7) is 1.99. The zero-order chi connectivity index (χ0) is 12.4. The molecule has 0 bridgehead atoms. The third-order valence-corrected chi connectivity index (χ3v) is 3.92. The van der Waals surface area contributed by atoms with Crippen molar-refractivity contribution in [2.45, 2.75) is 19.8 Å². The number of amides is 1. The molecule has 1 heterocycles. The molecule has 0 radical (unpaired) electrons. The lowest BCUT2D eigenvalue weighted by atomic mass is 9.95. The maximum absolute atomic E-state index is 12.0. The minimum atomic E-state index is -0.861. The topological polar surface area (TPSA) is 66.4 Å². The van der Waals surface area contributed by atoms with Crippen LogP contribution in [0.5, 0.6) is 0 Å². The number of nitrogens with one attached hydrogen (secondary N) is 1. The number of carbonyl (C=O) groups is 2. The molecule has 92 valence electrons. The Labute approximate surface area is 104 Å². The molecule has 2 N–H and O–H groups in total. The van der Waals surface area contributed by atoms with Crippen molar-refractivity contribution in [1.82, 2.24) is 0 Å². The second-order valence-corrected chi connectivity index (χ2v) is 5.41. The standard InChI is InChI=1S/C12H15NO3S/c1-7-4-9(10(5-7)12(15)16)11(14)13-8-2-3-17-6-8/h2-3,6-7,9-10H,4-5H2,1H3,(H,13,14)(H,15,16)/t7?,9-,10+/m0/s1. The van der Waals surface area contributed by atoms with Gasteiger partial charge in [0, 0.05) is 5.38 Å². The number of hydrogen-bond acceptors (Lipinski definition) is 3. The summed E-state index contributed by atoms with van der Waals surface area (Å²) in [6, 6.07) is 1.82. The summed E-state index contributed by atoms with van der Waals surface area (Å²) in [5.74, 6) is -1.67. The highest BCUT2D eigenvalue weighted by molar-refractivity contribution is 7.08. The van der Waals surface area contributed by atoms with Crippen molar-refractivity contribution in [2.75, 3.05) is 5.32 Å². The Bertz CT molecular complexity index is 415. The van der Waals surface area contributed by atoms with E-state index in [-0.39, 0.29) is 5.91 Å². The van der Waals surface area contributed by atoms with Crippen LogP contribution in [0.25, 0.3) is 0 Å². The van der Waals surface area contributed by atoms with E-state index < -0.39 is 17.8 Å². The van der Waals surface area contributed by atoms with Crippen LogP contribution in [0.1, 0.15) is 19.8 Å². The van der Waals surface area contributed by atoms with Crippen LogP contribution in [0.4, 0.5) is 5.69 Å². The van der Waals surface area contributed by atoms with Gasteiger partial charge in [-0.3, -0.25) is 9.59 Å². The van der Waals surface area contributed by atoms with E-state index in [4.69, 9.17) is 5.11 Å². The second kappa shape index (κ2) is 4.87. The normalized spacial score (nSPS) is 27.9. The molecule has 0 saturated heterocycles. The molecule has 1 aliphatic carbocycles. The third-order valence-electron chi connectivity index (χ3n) is 3.24. The molecule has 4 nitrogen and oxygen atoms in total. The maximum Gasteiger partial charge on any atom is 0.307 e. The molecule has 3 atom stereocenters. The van der Waals surface area contributed by atoms with Crippen molar-refractivity contribution in [3.05, 3.63) is 16.8 Å². The highest BCUT2D eigenvalue weighted by Crippen LogP contribution is 2.37. The van der Waals surface area contributed by atoms with Gasteiger partial charge in [0.25, 0.3) is 0 Å². The number of hydrogen-bond donors (Lipinski definition) is 2. The van der Waals surface area contributed by atoms with Crippen molar-refractivity contribution < 1.29 is 14.7 Å². The Balaban J connectivity index is 2.05. The molecule has 0 spiro atoms. The van der Waals surface area contributed by atoms with Gasteiger partial charge in [0.1, 0.15) is 0 Å². The average Bonchev–Trinajstić information content (AvgIpc) is 2.86. The number of thiophene rings is 1. The van der Waals surface area contributed by atoms with E-state index in [1.54, 1.807) is 0 Å². The molecule has 1 saturated carbocycles. The number of carboxylic acid groups (broad SMARTS) is 1. The number of aliphatic carboxylic acids is 1. The first-order valence-electron chi connectivity index (χ1n) is 5.63. The van der Waals surface area contributed by atoms with E-state index in [2.05, 4.69) is 5.32 Å². The van der Waals surface area contributed by atoms with E-state index in [1.807, 2.05) is 23.8 Å². The summed E-state index contributed by atoms with van der Waals surface area (Å²) in [4.78, 5) is 23.1. The Kier molecular flexibility index (Phi) is 3.47. The largest absolute Gasteiger partial charge is 0.481 e. The number of carboxylic acids is 1. The molecule has 1 unspecified atom stereocenters. The Morgan fingerprint density at radius 3 is 2.71 bits per heavy atom. The molecular weight excluding hydrogens is 238 g/mol. The molecule has 1 fully saturated rings. The average molecular weight is 253 g/mol. The van der Waals surface area contributed by atoms with Gasteiger partial charge in [-0.15, -0.1) is 0 Å². The van der Waals surface area contributed by atoms with Crippen molar-refractivity contribution in [2.24, 2.45) is 17.8 Å². The monoisotopic (exact) mass is 253 g/mol. The van der Waals surface area contributed by atoms with Crippen LogP contribution in [0.15, 0.2) is 16.8 Å². The Morgan fingerprint density at radius 2 is 2.12 bits per heavy atom. The van der Waals surface area contributed by atoms with Gasteiger partial charge in [0.05, 0.1) is 17.5 Å². The Morgan fingerprint density at radius 1 is 1.41 bits per heavy atom. The third kappa shape index (κ3) is 2.66. The first kappa shape index (κ1) is 12.1. The first-order valence-corrected chi connectivity index (χ1v) is 6.58. The lowest BCUT2D eigenvalue weighted by Crippen LogP contribution is -2.29. The highest BCUT2D eigenvalue weighted by atomic mass is 32.1. The highest BCUT2D eigenvalue weighted by Gasteiger charge is 2.41. The quantitative estimate of drug-likeness (QED) is 0.869. The van der Waals surface area contributed by atoms with E-state index in [9.17, 15) is 9.59 Å². The fraction of sp³-hybridized carbons (Fsp3) is 0.500. The van der Waals surface area contributed by atoms with Gasteiger partial charge in [-0.05, 0) is 30.2 Å². The first-order chi connectivity index (χ1) is 8.08. The van der Waals surface area contributed by atoms with Crippen LogP contribution in [-0.2, 0) is 9.59 Å². The summed E-state index contributed by atoms with van der Waals surface area (Å²) >= 11 is 1.50. The van der Waals surface area contributed by atoms with Gasteiger partial charge in [0.2, 0.25) is 5.91 Å². The minimum Gasteiger partial charge on any atom is -0.481 e. The van der Waals surface area contributed by atoms with E-state index in [0.29, 0.717) is 18.8 Å². The van der Waals surface area contributed by atoms with Crippen LogP contribution in [0.3, 0.4) is 0 Å². The molecule has 5 heteroatoms. The van der Waals surface area contributed by atoms with Gasteiger partial charge in [-0.1, -0.05) is 6.92 Å². The van der Waals surface area contributed by atoms with Crippen molar-refractivity contribution >= 4 is 28.9 Å². The van der Waals surface area contributed by atoms with Gasteiger partial charge in [-0.2, -0.15) is 11.3 Å². The van der Waals surface area contributed by atoms with Gasteiger partial charge >= 0.3 is 5.97 Å². The number of anilines is 1. The fourth-order valence-electron chi connectivity index (χ4n) is 2.42. The molecular formula is C12H15NO3S. The van der Waals surface area contributed by atoms with Gasteiger partial charge in [-0.25, -0.2) is 0 Å². The SMILES string of the molecule is CC1C[C@H](C(=O)Nc2ccsc2)[C@H](C(=O)O)C1. The summed E-state index contributed by atoms with van der Waals surface area (Å²) in [6.07, 6.45) is 1.25. The zero-order valence-corrected chi connectivity index (χ0v) is 10.4. The van der Waals surface area contributed by atoms with Gasteiger partial charge in [0.15, 0.2) is 0 Å². The van der Waals surface area contributed by atoms with Crippen molar-refractivity contribution in [3.8, 4) is 0 Å². The molecule has 0 aliphatic heterocycles. The molecule has 1 aromatic heterocycles. The molecule has 1 amide bonds. The Hall–Kier alpha value is -1.36. The minimum absolute atomic E-state index is 0.167. The zero-order valence-electron chi connectivity index (χ0n) is 9.55. The van der Waals surface area contributed by atoms with E-state index >= 15 is 0 Å². The molecule has 1 aliphatic rings. The number of rotatable bonds is 3. The molecule has 1 aromatic rings.